The van der Waals surface area contributed by atoms with Crippen LogP contribution in [0.15, 0.2) is 34.5 Å². The lowest BCUT2D eigenvalue weighted by Gasteiger charge is -2.32. The molecule has 27 heavy (non-hydrogen) atoms. The number of amides is 1. The van der Waals surface area contributed by atoms with Gasteiger partial charge in [0.1, 0.15) is 0 Å². The summed E-state index contributed by atoms with van der Waals surface area (Å²) in [6.07, 6.45) is 7.75. The molecule has 6 heteroatoms. The van der Waals surface area contributed by atoms with E-state index in [-0.39, 0.29) is 11.6 Å². The van der Waals surface area contributed by atoms with E-state index in [9.17, 15) is 4.79 Å². The lowest BCUT2D eigenvalue weighted by atomic mass is 10.0. The monoisotopic (exact) mass is 367 g/mol. The third kappa shape index (κ3) is 6.16. The number of terminal acetylenes is 1. The molecule has 0 saturated carbocycles. The fraction of sp³-hybridized carbons (Fsp3) is 0.571. The van der Waals surface area contributed by atoms with Crippen LogP contribution in [0.2, 0.25) is 0 Å². The molecule has 2 heterocycles. The molecule has 0 unspecified atom stereocenters. The normalized spacial score (nSPS) is 18.8. The molecule has 0 aromatic heterocycles. The average Bonchev–Trinajstić information content (AvgIpc) is 3.46. The molecule has 2 aliphatic rings. The number of nitrogens with one attached hydrogen (secondary N) is 1. The number of nitrogens with zero attached hydrogens (tertiary/aromatic N) is 4. The van der Waals surface area contributed by atoms with Crippen molar-refractivity contribution < 1.29 is 4.79 Å². The zero-order valence-electron chi connectivity index (χ0n) is 16.2. The number of hydrogen-bond acceptors (Lipinski definition) is 5. The summed E-state index contributed by atoms with van der Waals surface area (Å²) in [6, 6.07) is 8.53. The van der Waals surface area contributed by atoms with Crippen LogP contribution in [0.5, 0.6) is 0 Å². The lowest BCUT2D eigenvalue weighted by molar-refractivity contribution is -0.121. The van der Waals surface area contributed by atoms with Gasteiger partial charge >= 0.3 is 0 Å². The van der Waals surface area contributed by atoms with Crippen molar-refractivity contribution in [1.29, 1.82) is 0 Å². The van der Waals surface area contributed by atoms with E-state index >= 15 is 0 Å². The lowest BCUT2D eigenvalue weighted by Crippen LogP contribution is -2.43. The summed E-state index contributed by atoms with van der Waals surface area (Å²) >= 11 is 0. The minimum absolute atomic E-state index is 0.0360. The van der Waals surface area contributed by atoms with E-state index in [0.29, 0.717) is 25.8 Å². The molecule has 144 valence electrons. The summed E-state index contributed by atoms with van der Waals surface area (Å²) < 4.78 is 0. The van der Waals surface area contributed by atoms with E-state index in [1.54, 1.807) is 0 Å². The first-order chi connectivity index (χ1) is 13.1. The summed E-state index contributed by atoms with van der Waals surface area (Å²) in [6.45, 7) is 6.06. The Kier molecular flexibility index (Phi) is 6.59. The van der Waals surface area contributed by atoms with Gasteiger partial charge in [-0.05, 0) is 18.2 Å². The molecule has 1 N–H and O–H groups in total. The van der Waals surface area contributed by atoms with Crippen molar-refractivity contribution >= 4 is 5.91 Å². The summed E-state index contributed by atoms with van der Waals surface area (Å²) in [4.78, 5) is 16.9. The second-order valence-corrected chi connectivity index (χ2v) is 7.56. The fourth-order valence-corrected chi connectivity index (χ4v) is 3.30. The van der Waals surface area contributed by atoms with Crippen molar-refractivity contribution in [3.05, 3.63) is 35.4 Å². The highest BCUT2D eigenvalue weighted by molar-refractivity contribution is 5.76. The van der Waals surface area contributed by atoms with Gasteiger partial charge in [0.05, 0.1) is 0 Å². The van der Waals surface area contributed by atoms with E-state index in [0.717, 1.165) is 44.7 Å². The van der Waals surface area contributed by atoms with Crippen LogP contribution in [0.25, 0.3) is 0 Å². The Morgan fingerprint density at radius 1 is 1.15 bits per heavy atom. The summed E-state index contributed by atoms with van der Waals surface area (Å²) in [5.41, 5.74) is 2.06. The first kappa shape index (κ1) is 19.5. The second-order valence-electron chi connectivity index (χ2n) is 7.56. The molecule has 1 aromatic rings. The third-order valence-electron chi connectivity index (χ3n) is 5.32. The van der Waals surface area contributed by atoms with Crippen LogP contribution in [-0.4, -0.2) is 54.6 Å². The molecular weight excluding hydrogens is 338 g/mol. The quantitative estimate of drug-likeness (QED) is 0.682. The number of likely N-dealkylation sites (N-methyl/N-ethyl adjacent to an activating group) is 1. The Bertz CT molecular complexity index is 692. The van der Waals surface area contributed by atoms with Crippen LogP contribution in [0.1, 0.15) is 36.8 Å². The minimum atomic E-state index is -0.380. The Labute approximate surface area is 162 Å². The van der Waals surface area contributed by atoms with Gasteiger partial charge in [-0.3, -0.25) is 9.69 Å². The van der Waals surface area contributed by atoms with Crippen LogP contribution in [0.4, 0.5) is 0 Å². The predicted octanol–water partition coefficient (Wildman–Crippen LogP) is 2.41. The maximum Gasteiger partial charge on any atom is 0.220 e. The molecule has 0 atom stereocenters. The standard InChI is InChI=1S/C21H29N5O/c1-3-4-10-21(23-24-21)11-9-20(27)22-16-18-5-7-19(8-6-18)17-26-14-12-25(2)13-15-26/h1,5-8H,4,9-17H2,2H3,(H,22,27). The molecule has 1 amide bonds. The van der Waals surface area contributed by atoms with Crippen LogP contribution in [-0.2, 0) is 17.9 Å². The van der Waals surface area contributed by atoms with Crippen LogP contribution < -0.4 is 5.32 Å². The first-order valence-electron chi connectivity index (χ1n) is 9.71. The molecule has 0 spiro atoms. The molecule has 1 fully saturated rings. The summed E-state index contributed by atoms with van der Waals surface area (Å²) in [7, 11) is 2.17. The Morgan fingerprint density at radius 3 is 2.44 bits per heavy atom. The number of piperazine rings is 1. The van der Waals surface area contributed by atoms with E-state index < -0.39 is 0 Å². The summed E-state index contributed by atoms with van der Waals surface area (Å²) in [5.74, 6) is 2.64. The molecule has 1 saturated heterocycles. The van der Waals surface area contributed by atoms with Gasteiger partial charge in [-0.2, -0.15) is 10.2 Å². The van der Waals surface area contributed by atoms with Gasteiger partial charge in [0.25, 0.3) is 0 Å². The Morgan fingerprint density at radius 2 is 1.81 bits per heavy atom. The number of benzene rings is 1. The Balaban J connectivity index is 1.36. The van der Waals surface area contributed by atoms with E-state index in [4.69, 9.17) is 6.42 Å². The molecule has 6 nitrogen and oxygen atoms in total. The average molecular weight is 367 g/mol. The highest BCUT2D eigenvalue weighted by atomic mass is 16.1. The van der Waals surface area contributed by atoms with Gasteiger partial charge in [-0.1, -0.05) is 24.3 Å². The summed E-state index contributed by atoms with van der Waals surface area (Å²) in [5, 5.41) is 11.1. The van der Waals surface area contributed by atoms with Crippen molar-refractivity contribution in [2.45, 2.75) is 44.4 Å². The predicted molar refractivity (Wildman–Crippen MR) is 106 cm³/mol. The third-order valence-corrected chi connectivity index (χ3v) is 5.32. The van der Waals surface area contributed by atoms with E-state index in [2.05, 4.69) is 62.6 Å². The van der Waals surface area contributed by atoms with Gasteiger partial charge in [0.2, 0.25) is 5.91 Å². The minimum Gasteiger partial charge on any atom is -0.352 e. The number of carbonyl (C=O) groups is 1. The number of hydrogen-bond donors (Lipinski definition) is 1. The molecule has 3 rings (SSSR count). The fourth-order valence-electron chi connectivity index (χ4n) is 3.30. The smallest absolute Gasteiger partial charge is 0.220 e. The highest BCUT2D eigenvalue weighted by Crippen LogP contribution is 2.37. The van der Waals surface area contributed by atoms with Crippen LogP contribution >= 0.6 is 0 Å². The highest BCUT2D eigenvalue weighted by Gasteiger charge is 2.39. The van der Waals surface area contributed by atoms with Crippen molar-refractivity contribution in [3.8, 4) is 12.3 Å². The Hall–Kier alpha value is -2.23. The zero-order chi connectivity index (χ0) is 19.1. The number of rotatable bonds is 9. The van der Waals surface area contributed by atoms with Gasteiger partial charge in [0.15, 0.2) is 5.66 Å². The maximum absolute atomic E-state index is 12.1. The second kappa shape index (κ2) is 9.12. The molecule has 2 aliphatic heterocycles. The molecular formula is C21H29N5O. The maximum atomic E-state index is 12.1. The van der Waals surface area contributed by atoms with E-state index in [1.165, 1.54) is 5.56 Å². The number of carbonyl (C=O) groups excluding carboxylic acids is 1. The van der Waals surface area contributed by atoms with Crippen molar-refractivity contribution in [3.63, 3.8) is 0 Å². The molecule has 1 aromatic carbocycles. The SMILES string of the molecule is C#CCCC1(CCC(=O)NCc2ccc(CN3CCN(C)CC3)cc2)N=N1. The van der Waals surface area contributed by atoms with Crippen LogP contribution in [0.3, 0.4) is 0 Å². The van der Waals surface area contributed by atoms with Crippen LogP contribution in [0, 0.1) is 12.3 Å². The van der Waals surface area contributed by atoms with Gasteiger partial charge in [-0.25, -0.2) is 0 Å². The van der Waals surface area contributed by atoms with Crippen molar-refractivity contribution in [1.82, 2.24) is 15.1 Å². The largest absolute Gasteiger partial charge is 0.352 e. The molecule has 0 aliphatic carbocycles. The molecule has 0 bridgehead atoms. The first-order valence-corrected chi connectivity index (χ1v) is 9.71. The van der Waals surface area contributed by atoms with E-state index in [1.807, 2.05) is 0 Å². The zero-order valence-corrected chi connectivity index (χ0v) is 16.2. The van der Waals surface area contributed by atoms with Gasteiger partial charge in [0, 0.05) is 65.0 Å². The van der Waals surface area contributed by atoms with Gasteiger partial charge in [-0.15, -0.1) is 12.3 Å². The molecule has 0 radical (unpaired) electrons. The van der Waals surface area contributed by atoms with Crippen molar-refractivity contribution in [2.75, 3.05) is 33.2 Å². The van der Waals surface area contributed by atoms with Gasteiger partial charge < -0.3 is 10.2 Å². The topological polar surface area (TPSA) is 60.3 Å². The van der Waals surface area contributed by atoms with Crippen molar-refractivity contribution in [2.24, 2.45) is 10.2 Å².